The zero-order valence-electron chi connectivity index (χ0n) is 15.2. The smallest absolute Gasteiger partial charge is 0.316 e. The van der Waals surface area contributed by atoms with Gasteiger partial charge in [-0.1, -0.05) is 15.9 Å². The Morgan fingerprint density at radius 2 is 1.92 bits per heavy atom. The lowest BCUT2D eigenvalue weighted by Crippen LogP contribution is -2.07. The molecule has 0 amide bonds. The van der Waals surface area contributed by atoms with Crippen molar-refractivity contribution in [3.63, 3.8) is 0 Å². The molecule has 2 heterocycles. The van der Waals surface area contributed by atoms with Crippen molar-refractivity contribution in [2.45, 2.75) is 39.2 Å². The Labute approximate surface area is 165 Å². The summed E-state index contributed by atoms with van der Waals surface area (Å²) in [5.41, 5.74) is 4.95. The molecule has 3 rings (SSSR count). The Balaban J connectivity index is 1.59. The van der Waals surface area contributed by atoms with Gasteiger partial charge in [-0.25, -0.2) is 9.97 Å². The van der Waals surface area contributed by atoms with Crippen LogP contribution < -0.4 is 0 Å². The number of hydrogen-bond donors (Lipinski definition) is 0. The number of rotatable bonds is 5. The first kappa shape index (κ1) is 18.9. The van der Waals surface area contributed by atoms with Crippen molar-refractivity contribution in [1.82, 2.24) is 14.4 Å². The van der Waals surface area contributed by atoms with Gasteiger partial charge in [0.15, 0.2) is 0 Å². The largest absolute Gasteiger partial charge is 0.458 e. The summed E-state index contributed by atoms with van der Waals surface area (Å²) in [5.74, 6) is 0.642. The van der Waals surface area contributed by atoms with E-state index in [1.165, 1.54) is 11.8 Å². The summed E-state index contributed by atoms with van der Waals surface area (Å²) in [4.78, 5) is 22.0. The lowest BCUT2D eigenvalue weighted by Gasteiger charge is -2.08. The number of thioether (sulfide) groups is 1. The molecule has 0 aliphatic heterocycles. The summed E-state index contributed by atoms with van der Waals surface area (Å²) in [6.45, 7) is 8.15. The van der Waals surface area contributed by atoms with E-state index in [0.717, 1.165) is 31.9 Å². The fraction of sp³-hybridized carbons (Fsp3) is 0.316. The van der Waals surface area contributed by atoms with Crippen molar-refractivity contribution in [2.75, 3.05) is 5.75 Å². The number of esters is 1. The predicted octanol–water partition coefficient (Wildman–Crippen LogP) is 4.56. The molecule has 0 saturated carbocycles. The number of hydrogen-bond acceptors (Lipinski definition) is 5. The van der Waals surface area contributed by atoms with Crippen LogP contribution in [0.25, 0.3) is 5.78 Å². The lowest BCUT2D eigenvalue weighted by atomic mass is 10.2. The quantitative estimate of drug-likeness (QED) is 0.435. The average molecular weight is 434 g/mol. The van der Waals surface area contributed by atoms with Gasteiger partial charge in [0.05, 0.1) is 11.4 Å². The number of benzene rings is 1. The lowest BCUT2D eigenvalue weighted by molar-refractivity contribution is -0.141. The van der Waals surface area contributed by atoms with Gasteiger partial charge < -0.3 is 4.74 Å². The standard InChI is InChI=1S/C19H20BrN3O2S/c1-11-6-17(12(2)5-16(11)20)26-10-18(24)25-9-15-8-23-14(4)7-13(3)21-19(23)22-15/h5-8H,9-10H2,1-4H3. The molecule has 0 atom stereocenters. The molecule has 7 heteroatoms. The summed E-state index contributed by atoms with van der Waals surface area (Å²) in [6.07, 6.45) is 1.86. The molecule has 0 unspecified atom stereocenters. The van der Waals surface area contributed by atoms with Crippen molar-refractivity contribution in [1.29, 1.82) is 0 Å². The second kappa shape index (κ2) is 7.80. The Morgan fingerprint density at radius 3 is 2.69 bits per heavy atom. The Kier molecular flexibility index (Phi) is 5.67. The second-order valence-corrected chi connectivity index (χ2v) is 8.13. The Morgan fingerprint density at radius 1 is 1.15 bits per heavy atom. The summed E-state index contributed by atoms with van der Waals surface area (Å²) in [6, 6.07) is 6.14. The van der Waals surface area contributed by atoms with Gasteiger partial charge in [-0.15, -0.1) is 11.8 Å². The molecule has 0 N–H and O–H groups in total. The van der Waals surface area contributed by atoms with E-state index in [-0.39, 0.29) is 18.3 Å². The molecule has 0 bridgehead atoms. The fourth-order valence-electron chi connectivity index (χ4n) is 2.63. The molecule has 0 spiro atoms. The molecule has 0 saturated heterocycles. The first-order chi connectivity index (χ1) is 12.3. The number of fused-ring (bicyclic) bond motifs is 1. The highest BCUT2D eigenvalue weighted by Crippen LogP contribution is 2.28. The van der Waals surface area contributed by atoms with Crippen LogP contribution in [0.4, 0.5) is 0 Å². The van der Waals surface area contributed by atoms with Crippen LogP contribution in [-0.2, 0) is 16.1 Å². The van der Waals surface area contributed by atoms with E-state index < -0.39 is 0 Å². The predicted molar refractivity (Wildman–Crippen MR) is 107 cm³/mol. The van der Waals surface area contributed by atoms with Crippen molar-refractivity contribution >= 4 is 39.4 Å². The van der Waals surface area contributed by atoms with Gasteiger partial charge in [0.1, 0.15) is 6.61 Å². The highest BCUT2D eigenvalue weighted by molar-refractivity contribution is 9.10. The van der Waals surface area contributed by atoms with Gasteiger partial charge >= 0.3 is 5.97 Å². The van der Waals surface area contributed by atoms with E-state index in [4.69, 9.17) is 4.74 Å². The summed E-state index contributed by atoms with van der Waals surface area (Å²) in [5, 5.41) is 0. The number of imidazole rings is 1. The minimum atomic E-state index is -0.257. The van der Waals surface area contributed by atoms with E-state index >= 15 is 0 Å². The highest BCUT2D eigenvalue weighted by Gasteiger charge is 2.11. The fourth-order valence-corrected chi connectivity index (χ4v) is 3.99. The summed E-state index contributed by atoms with van der Waals surface area (Å²) < 4.78 is 8.35. The molecule has 1 aromatic carbocycles. The Bertz CT molecular complexity index is 985. The number of carbonyl (C=O) groups excluding carboxylic acids is 1. The first-order valence-corrected chi connectivity index (χ1v) is 9.98. The second-order valence-electron chi connectivity index (χ2n) is 6.26. The van der Waals surface area contributed by atoms with E-state index in [2.05, 4.69) is 38.0 Å². The van der Waals surface area contributed by atoms with Gasteiger partial charge in [-0.05, 0) is 57.0 Å². The maximum atomic E-state index is 12.1. The molecule has 5 nitrogen and oxygen atoms in total. The van der Waals surface area contributed by atoms with Crippen LogP contribution in [0.2, 0.25) is 0 Å². The van der Waals surface area contributed by atoms with Crippen LogP contribution >= 0.6 is 27.7 Å². The molecule has 26 heavy (non-hydrogen) atoms. The minimum Gasteiger partial charge on any atom is -0.458 e. The third-order valence-electron chi connectivity index (χ3n) is 3.99. The van der Waals surface area contributed by atoms with Crippen LogP contribution in [0.3, 0.4) is 0 Å². The van der Waals surface area contributed by atoms with Crippen LogP contribution in [0, 0.1) is 27.7 Å². The average Bonchev–Trinajstić information content (AvgIpc) is 2.98. The molecule has 0 aliphatic carbocycles. The van der Waals surface area contributed by atoms with Gasteiger partial charge in [0, 0.05) is 27.0 Å². The van der Waals surface area contributed by atoms with Gasteiger partial charge in [0.25, 0.3) is 0 Å². The van der Waals surface area contributed by atoms with Gasteiger partial charge in [-0.2, -0.15) is 0 Å². The molecule has 136 valence electrons. The zero-order chi connectivity index (χ0) is 18.8. The molecule has 0 radical (unpaired) electrons. The van der Waals surface area contributed by atoms with Crippen LogP contribution in [0.1, 0.15) is 28.2 Å². The molecule has 2 aromatic heterocycles. The van der Waals surface area contributed by atoms with E-state index in [1.807, 2.05) is 44.4 Å². The van der Waals surface area contributed by atoms with E-state index in [1.54, 1.807) is 0 Å². The number of ether oxygens (including phenoxy) is 1. The molecule has 0 fully saturated rings. The van der Waals surface area contributed by atoms with Crippen molar-refractivity contribution < 1.29 is 9.53 Å². The topological polar surface area (TPSA) is 56.5 Å². The number of carbonyl (C=O) groups is 1. The number of aromatic nitrogens is 3. The van der Waals surface area contributed by atoms with E-state index in [0.29, 0.717) is 11.5 Å². The highest BCUT2D eigenvalue weighted by atomic mass is 79.9. The third-order valence-corrected chi connectivity index (χ3v) is 5.98. The van der Waals surface area contributed by atoms with Crippen LogP contribution in [-0.4, -0.2) is 26.1 Å². The number of aryl methyl sites for hydroxylation is 4. The zero-order valence-corrected chi connectivity index (χ0v) is 17.6. The molecular formula is C19H20BrN3O2S. The minimum absolute atomic E-state index is 0.152. The third kappa shape index (κ3) is 4.27. The van der Waals surface area contributed by atoms with Gasteiger partial charge in [0.2, 0.25) is 5.78 Å². The van der Waals surface area contributed by atoms with Crippen LogP contribution in [0.15, 0.2) is 33.8 Å². The number of nitrogens with zero attached hydrogens (tertiary/aromatic N) is 3. The molecular weight excluding hydrogens is 414 g/mol. The van der Waals surface area contributed by atoms with Crippen molar-refractivity contribution in [3.05, 3.63) is 57.1 Å². The van der Waals surface area contributed by atoms with Gasteiger partial charge in [-0.3, -0.25) is 9.20 Å². The maximum Gasteiger partial charge on any atom is 0.316 e. The van der Waals surface area contributed by atoms with Crippen LogP contribution in [0.5, 0.6) is 0 Å². The summed E-state index contributed by atoms with van der Waals surface area (Å²) in [7, 11) is 0. The Hall–Kier alpha value is -1.86. The van der Waals surface area contributed by atoms with Crippen molar-refractivity contribution in [2.24, 2.45) is 0 Å². The SMILES string of the molecule is Cc1cc(C)n2cc(COC(=O)CSc3cc(C)c(Br)cc3C)nc2n1. The first-order valence-electron chi connectivity index (χ1n) is 8.21. The monoisotopic (exact) mass is 433 g/mol. The number of halogens is 1. The normalized spacial score (nSPS) is 11.1. The van der Waals surface area contributed by atoms with E-state index in [9.17, 15) is 4.79 Å². The molecule has 0 aliphatic rings. The van der Waals surface area contributed by atoms with Crippen molar-refractivity contribution in [3.8, 4) is 0 Å². The maximum absolute atomic E-state index is 12.1. The summed E-state index contributed by atoms with van der Waals surface area (Å²) >= 11 is 5.01. The molecule has 3 aromatic rings.